The topological polar surface area (TPSA) is 51.5 Å². The van der Waals surface area contributed by atoms with E-state index in [1.807, 2.05) is 72.9 Å². The molecule has 0 bridgehead atoms. The maximum atomic E-state index is 5.84. The van der Waals surface area contributed by atoms with E-state index < -0.39 is 0 Å². The molecule has 0 amide bonds. The quantitative estimate of drug-likeness (QED) is 0.409. The molecule has 1 aliphatic heterocycles. The number of anilines is 1. The van der Waals surface area contributed by atoms with Gasteiger partial charge in [-0.1, -0.05) is 18.2 Å². The molecule has 2 aromatic carbocycles. The van der Waals surface area contributed by atoms with Crippen molar-refractivity contribution in [3.63, 3.8) is 0 Å². The zero-order valence-electron chi connectivity index (χ0n) is 18.4. The van der Waals surface area contributed by atoms with Crippen LogP contribution in [-0.2, 0) is 0 Å². The molecule has 0 saturated carbocycles. The van der Waals surface area contributed by atoms with Crippen molar-refractivity contribution in [2.45, 2.75) is 12.1 Å². The number of pyridine rings is 1. The Morgan fingerprint density at radius 3 is 2.39 bits per heavy atom. The van der Waals surface area contributed by atoms with Crippen molar-refractivity contribution in [1.29, 1.82) is 0 Å². The minimum atomic E-state index is -0.138. The molecule has 2 aromatic heterocycles. The third kappa shape index (κ3) is 3.81. The fourth-order valence-electron chi connectivity index (χ4n) is 4.36. The molecule has 4 aromatic rings. The number of nitrogens with one attached hydrogen (secondary N) is 1. The zero-order valence-corrected chi connectivity index (χ0v) is 19.2. The summed E-state index contributed by atoms with van der Waals surface area (Å²) in [6.07, 6.45) is 3.86. The van der Waals surface area contributed by atoms with Crippen molar-refractivity contribution < 1.29 is 9.47 Å². The number of rotatable bonds is 6. The molecule has 1 aliphatic rings. The smallest absolute Gasteiger partial charge is 0.174 e. The standard InChI is InChI=1S/C26H24N4O2S/c1-31-19-14-12-18(13-15-19)30-25(24(28-26(30)33)20-8-5-6-16-27-20)22-10-7-17-29(22)21-9-3-4-11-23(21)32-2/h3-17,24-25H,1-2H3,(H,28,33)/t24-,25-/m1/s1. The highest BCUT2D eigenvalue weighted by atomic mass is 32.1. The monoisotopic (exact) mass is 456 g/mol. The Kier molecular flexibility index (Phi) is 5.71. The van der Waals surface area contributed by atoms with Crippen LogP contribution in [0.15, 0.2) is 91.3 Å². The van der Waals surface area contributed by atoms with E-state index in [1.165, 1.54) is 0 Å². The second-order valence-electron chi connectivity index (χ2n) is 7.67. The average Bonchev–Trinajstić information content (AvgIpc) is 3.48. The number of nitrogens with zero attached hydrogens (tertiary/aromatic N) is 3. The van der Waals surface area contributed by atoms with E-state index in [1.54, 1.807) is 14.2 Å². The summed E-state index contributed by atoms with van der Waals surface area (Å²) in [6, 6.07) is 25.8. The van der Waals surface area contributed by atoms with Crippen molar-refractivity contribution >= 4 is 23.0 Å². The number of thiocarbonyl (C=S) groups is 1. The van der Waals surface area contributed by atoms with Crippen LogP contribution in [0.5, 0.6) is 11.5 Å². The Balaban J connectivity index is 1.66. The molecule has 7 heteroatoms. The van der Waals surface area contributed by atoms with E-state index in [0.29, 0.717) is 5.11 Å². The van der Waals surface area contributed by atoms with Crippen LogP contribution in [-0.4, -0.2) is 28.9 Å². The van der Waals surface area contributed by atoms with E-state index in [4.69, 9.17) is 21.7 Å². The molecule has 0 spiro atoms. The summed E-state index contributed by atoms with van der Waals surface area (Å²) in [5.41, 5.74) is 3.93. The minimum Gasteiger partial charge on any atom is -0.497 e. The summed E-state index contributed by atoms with van der Waals surface area (Å²) < 4.78 is 13.2. The number of hydrogen-bond acceptors (Lipinski definition) is 4. The van der Waals surface area contributed by atoms with Gasteiger partial charge in [-0.2, -0.15) is 0 Å². The third-order valence-corrected chi connectivity index (χ3v) is 6.19. The maximum Gasteiger partial charge on any atom is 0.174 e. The van der Waals surface area contributed by atoms with Crippen molar-refractivity contribution in [2.24, 2.45) is 0 Å². The van der Waals surface area contributed by atoms with Crippen molar-refractivity contribution in [3.8, 4) is 17.2 Å². The second kappa shape index (κ2) is 8.96. The number of para-hydroxylation sites is 2. The first-order chi connectivity index (χ1) is 16.2. The van der Waals surface area contributed by atoms with E-state index in [-0.39, 0.29) is 12.1 Å². The van der Waals surface area contributed by atoms with Crippen LogP contribution in [0.3, 0.4) is 0 Å². The Morgan fingerprint density at radius 2 is 1.67 bits per heavy atom. The third-order valence-electron chi connectivity index (χ3n) is 5.88. The van der Waals surface area contributed by atoms with Crippen molar-refractivity contribution in [3.05, 3.63) is 103 Å². The number of benzene rings is 2. The summed E-state index contributed by atoms with van der Waals surface area (Å²) in [5, 5.41) is 4.16. The minimum absolute atomic E-state index is 0.135. The molecule has 3 heterocycles. The van der Waals surface area contributed by atoms with Crippen LogP contribution < -0.4 is 19.7 Å². The fourth-order valence-corrected chi connectivity index (χ4v) is 4.71. The molecule has 6 nitrogen and oxygen atoms in total. The Hall–Kier alpha value is -3.84. The summed E-state index contributed by atoms with van der Waals surface area (Å²) >= 11 is 5.84. The average molecular weight is 457 g/mol. The highest BCUT2D eigenvalue weighted by molar-refractivity contribution is 7.80. The predicted molar refractivity (Wildman–Crippen MR) is 133 cm³/mol. The van der Waals surface area contributed by atoms with Gasteiger partial charge in [0, 0.05) is 23.8 Å². The first kappa shape index (κ1) is 21.0. The number of methoxy groups -OCH3 is 2. The van der Waals surface area contributed by atoms with Gasteiger partial charge in [0.2, 0.25) is 0 Å². The molecular formula is C26H24N4O2S. The van der Waals surface area contributed by atoms with Crippen molar-refractivity contribution in [1.82, 2.24) is 14.9 Å². The van der Waals surface area contributed by atoms with Gasteiger partial charge in [-0.3, -0.25) is 4.98 Å². The maximum absolute atomic E-state index is 5.84. The van der Waals surface area contributed by atoms with Crippen LogP contribution >= 0.6 is 12.2 Å². The van der Waals surface area contributed by atoms with E-state index in [2.05, 4.69) is 38.1 Å². The van der Waals surface area contributed by atoms with E-state index in [9.17, 15) is 0 Å². The van der Waals surface area contributed by atoms with Gasteiger partial charge in [0.15, 0.2) is 5.11 Å². The largest absolute Gasteiger partial charge is 0.497 e. The molecule has 1 fully saturated rings. The van der Waals surface area contributed by atoms with Gasteiger partial charge in [0.25, 0.3) is 0 Å². The lowest BCUT2D eigenvalue weighted by atomic mass is 10.0. The lowest BCUT2D eigenvalue weighted by Crippen LogP contribution is -2.30. The van der Waals surface area contributed by atoms with Crippen LogP contribution in [0.2, 0.25) is 0 Å². The van der Waals surface area contributed by atoms with Gasteiger partial charge in [-0.05, 0) is 72.9 Å². The molecule has 33 heavy (non-hydrogen) atoms. The van der Waals surface area contributed by atoms with E-state index >= 15 is 0 Å². The van der Waals surface area contributed by atoms with Gasteiger partial charge in [0.1, 0.15) is 17.5 Å². The summed E-state index contributed by atoms with van der Waals surface area (Å²) in [4.78, 5) is 6.79. The lowest BCUT2D eigenvalue weighted by molar-refractivity contribution is 0.412. The first-order valence-electron chi connectivity index (χ1n) is 10.7. The Morgan fingerprint density at radius 1 is 0.879 bits per heavy atom. The summed E-state index contributed by atoms with van der Waals surface area (Å²) in [7, 11) is 3.35. The second-order valence-corrected chi connectivity index (χ2v) is 8.06. The van der Waals surface area contributed by atoms with Crippen LogP contribution in [0.1, 0.15) is 23.5 Å². The molecule has 1 saturated heterocycles. The van der Waals surface area contributed by atoms with Gasteiger partial charge >= 0.3 is 0 Å². The summed E-state index contributed by atoms with van der Waals surface area (Å²) in [6.45, 7) is 0. The highest BCUT2D eigenvalue weighted by Crippen LogP contribution is 2.43. The molecule has 166 valence electrons. The molecule has 0 radical (unpaired) electrons. The Labute approximate surface area is 198 Å². The van der Waals surface area contributed by atoms with Gasteiger partial charge in [-0.15, -0.1) is 0 Å². The molecule has 5 rings (SSSR count). The number of aromatic nitrogens is 2. The fraction of sp³-hybridized carbons (Fsp3) is 0.154. The normalized spacial score (nSPS) is 17.6. The van der Waals surface area contributed by atoms with Crippen LogP contribution in [0.25, 0.3) is 5.69 Å². The first-order valence-corrected chi connectivity index (χ1v) is 11.1. The zero-order chi connectivity index (χ0) is 22.8. The lowest BCUT2D eigenvalue weighted by Gasteiger charge is -2.29. The predicted octanol–water partition coefficient (Wildman–Crippen LogP) is 5.07. The molecule has 0 unspecified atom stereocenters. The van der Waals surface area contributed by atoms with Crippen molar-refractivity contribution in [2.75, 3.05) is 19.1 Å². The van der Waals surface area contributed by atoms with Gasteiger partial charge in [0.05, 0.1) is 31.6 Å². The molecule has 0 aliphatic carbocycles. The molecule has 2 atom stereocenters. The van der Waals surface area contributed by atoms with Gasteiger partial charge < -0.3 is 24.3 Å². The van der Waals surface area contributed by atoms with Gasteiger partial charge in [-0.25, -0.2) is 0 Å². The molecule has 1 N–H and O–H groups in total. The Bertz CT molecular complexity index is 1260. The highest BCUT2D eigenvalue weighted by Gasteiger charge is 2.42. The number of hydrogen-bond donors (Lipinski definition) is 1. The van der Waals surface area contributed by atoms with Crippen LogP contribution in [0, 0.1) is 0 Å². The SMILES string of the molecule is COc1ccc(N2C(=S)N[C@H](c3ccccn3)[C@H]2c2cccn2-c2ccccc2OC)cc1. The molecular weight excluding hydrogens is 432 g/mol. The summed E-state index contributed by atoms with van der Waals surface area (Å²) in [5.74, 6) is 1.60. The number of ether oxygens (including phenoxy) is 2. The van der Waals surface area contributed by atoms with Crippen LogP contribution in [0.4, 0.5) is 5.69 Å². The van der Waals surface area contributed by atoms with E-state index in [0.717, 1.165) is 34.3 Å².